The summed E-state index contributed by atoms with van der Waals surface area (Å²) in [5.74, 6) is 0.647. The van der Waals surface area contributed by atoms with Gasteiger partial charge in [0.05, 0.1) is 24.5 Å². The Morgan fingerprint density at radius 2 is 2.50 bits per heavy atom. The van der Waals surface area contributed by atoms with Crippen LogP contribution < -0.4 is 5.73 Å². The molecule has 1 aromatic rings. The van der Waals surface area contributed by atoms with Crippen LogP contribution in [0.2, 0.25) is 0 Å². The average molecular weight is 224 g/mol. The maximum Gasteiger partial charge on any atom is 0.257 e. The molecule has 88 valence electrons. The molecule has 1 unspecified atom stereocenters. The minimum Gasteiger partial charge on any atom is -0.469 e. The summed E-state index contributed by atoms with van der Waals surface area (Å²) in [6.07, 6.45) is 1.48. The molecule has 1 saturated heterocycles. The van der Waals surface area contributed by atoms with Gasteiger partial charge < -0.3 is 19.8 Å². The number of ether oxygens (including phenoxy) is 1. The number of carbonyl (C=O) groups is 1. The Kier molecular flexibility index (Phi) is 3.26. The Morgan fingerprint density at radius 3 is 3.12 bits per heavy atom. The van der Waals surface area contributed by atoms with E-state index in [0.717, 1.165) is 0 Å². The number of morpholine rings is 1. The van der Waals surface area contributed by atoms with E-state index in [2.05, 4.69) is 0 Å². The van der Waals surface area contributed by atoms with E-state index in [1.807, 2.05) is 0 Å². The highest BCUT2D eigenvalue weighted by atomic mass is 16.5. The highest BCUT2D eigenvalue weighted by Crippen LogP contribution is 2.14. The number of aryl methyl sites for hydroxylation is 1. The van der Waals surface area contributed by atoms with Crippen molar-refractivity contribution in [2.45, 2.75) is 13.0 Å². The van der Waals surface area contributed by atoms with Crippen molar-refractivity contribution in [2.24, 2.45) is 5.73 Å². The fourth-order valence-corrected chi connectivity index (χ4v) is 1.82. The molecule has 0 aliphatic carbocycles. The summed E-state index contributed by atoms with van der Waals surface area (Å²) in [6, 6.07) is 1.70. The number of amides is 1. The van der Waals surface area contributed by atoms with Gasteiger partial charge in [-0.05, 0) is 13.0 Å². The van der Waals surface area contributed by atoms with E-state index in [4.69, 9.17) is 14.9 Å². The van der Waals surface area contributed by atoms with Gasteiger partial charge in [-0.1, -0.05) is 0 Å². The van der Waals surface area contributed by atoms with Crippen LogP contribution in [0, 0.1) is 6.92 Å². The molecular weight excluding hydrogens is 208 g/mol. The Balaban J connectivity index is 2.07. The predicted octanol–water partition coefficient (Wildman–Crippen LogP) is 0.388. The molecule has 16 heavy (non-hydrogen) atoms. The molecule has 2 N–H and O–H groups in total. The van der Waals surface area contributed by atoms with Gasteiger partial charge in [-0.2, -0.15) is 0 Å². The van der Waals surface area contributed by atoms with Crippen LogP contribution in [-0.2, 0) is 4.74 Å². The molecule has 0 aromatic carbocycles. The van der Waals surface area contributed by atoms with Crippen LogP contribution in [0.5, 0.6) is 0 Å². The van der Waals surface area contributed by atoms with Gasteiger partial charge in [0, 0.05) is 19.6 Å². The van der Waals surface area contributed by atoms with Crippen molar-refractivity contribution in [3.05, 3.63) is 23.7 Å². The van der Waals surface area contributed by atoms with E-state index in [9.17, 15) is 4.79 Å². The summed E-state index contributed by atoms with van der Waals surface area (Å²) < 4.78 is 10.5. The topological polar surface area (TPSA) is 68.7 Å². The first-order valence-corrected chi connectivity index (χ1v) is 5.37. The maximum atomic E-state index is 12.1. The summed E-state index contributed by atoms with van der Waals surface area (Å²) in [5.41, 5.74) is 6.16. The number of rotatable bonds is 2. The van der Waals surface area contributed by atoms with E-state index >= 15 is 0 Å². The van der Waals surface area contributed by atoms with Crippen molar-refractivity contribution in [1.82, 2.24) is 4.90 Å². The van der Waals surface area contributed by atoms with Gasteiger partial charge in [-0.15, -0.1) is 0 Å². The van der Waals surface area contributed by atoms with Gasteiger partial charge in [-0.25, -0.2) is 0 Å². The van der Waals surface area contributed by atoms with Gasteiger partial charge in [0.1, 0.15) is 5.76 Å². The van der Waals surface area contributed by atoms with Crippen molar-refractivity contribution >= 4 is 5.91 Å². The second-order valence-corrected chi connectivity index (χ2v) is 3.87. The SMILES string of the molecule is Cc1occc1C(=O)N1CCOC(CN)C1. The van der Waals surface area contributed by atoms with Crippen LogP contribution >= 0.6 is 0 Å². The zero-order valence-corrected chi connectivity index (χ0v) is 9.31. The molecule has 1 amide bonds. The molecule has 2 rings (SSSR count). The number of nitrogens with two attached hydrogens (primary N) is 1. The molecule has 0 bridgehead atoms. The van der Waals surface area contributed by atoms with Gasteiger partial charge in [0.15, 0.2) is 0 Å². The smallest absolute Gasteiger partial charge is 0.257 e. The fourth-order valence-electron chi connectivity index (χ4n) is 1.82. The Morgan fingerprint density at radius 1 is 1.69 bits per heavy atom. The van der Waals surface area contributed by atoms with E-state index in [0.29, 0.717) is 37.6 Å². The van der Waals surface area contributed by atoms with E-state index in [1.165, 1.54) is 6.26 Å². The third kappa shape index (κ3) is 2.10. The van der Waals surface area contributed by atoms with Gasteiger partial charge in [-0.3, -0.25) is 4.79 Å². The summed E-state index contributed by atoms with van der Waals surface area (Å²) in [4.78, 5) is 13.9. The summed E-state index contributed by atoms with van der Waals surface area (Å²) in [5, 5.41) is 0. The minimum atomic E-state index is -0.0510. The van der Waals surface area contributed by atoms with E-state index in [-0.39, 0.29) is 12.0 Å². The number of hydrogen-bond donors (Lipinski definition) is 1. The molecule has 0 spiro atoms. The van der Waals surface area contributed by atoms with E-state index < -0.39 is 0 Å². The summed E-state index contributed by atoms with van der Waals surface area (Å²) >= 11 is 0. The normalized spacial score (nSPS) is 21.1. The van der Waals surface area contributed by atoms with Crippen LogP contribution in [0.4, 0.5) is 0 Å². The Hall–Kier alpha value is -1.33. The summed E-state index contributed by atoms with van der Waals surface area (Å²) in [7, 11) is 0. The first-order chi connectivity index (χ1) is 7.72. The minimum absolute atomic E-state index is 0.00648. The first-order valence-electron chi connectivity index (χ1n) is 5.37. The first kappa shape index (κ1) is 11.2. The number of carbonyl (C=O) groups excluding carboxylic acids is 1. The third-order valence-corrected chi connectivity index (χ3v) is 2.78. The van der Waals surface area contributed by atoms with Crippen LogP contribution in [0.25, 0.3) is 0 Å². The lowest BCUT2D eigenvalue weighted by atomic mass is 10.2. The predicted molar refractivity (Wildman–Crippen MR) is 58.1 cm³/mol. The summed E-state index contributed by atoms with van der Waals surface area (Å²) in [6.45, 7) is 3.94. The average Bonchev–Trinajstić information content (AvgIpc) is 2.74. The van der Waals surface area contributed by atoms with Gasteiger partial charge in [0.25, 0.3) is 5.91 Å². The number of hydrogen-bond acceptors (Lipinski definition) is 4. The lowest BCUT2D eigenvalue weighted by molar-refractivity contribution is -0.0168. The van der Waals surface area contributed by atoms with Crippen LogP contribution in [0.15, 0.2) is 16.7 Å². The third-order valence-electron chi connectivity index (χ3n) is 2.78. The molecule has 5 nitrogen and oxygen atoms in total. The molecule has 0 radical (unpaired) electrons. The molecule has 2 heterocycles. The molecule has 1 aliphatic heterocycles. The molecule has 1 atom stereocenters. The highest BCUT2D eigenvalue weighted by molar-refractivity contribution is 5.95. The van der Waals surface area contributed by atoms with Crippen LogP contribution in [0.3, 0.4) is 0 Å². The second kappa shape index (κ2) is 4.67. The lowest BCUT2D eigenvalue weighted by Gasteiger charge is -2.32. The van der Waals surface area contributed by atoms with Crippen LogP contribution in [0.1, 0.15) is 16.1 Å². The quantitative estimate of drug-likeness (QED) is 0.789. The zero-order chi connectivity index (χ0) is 11.5. The Bertz CT molecular complexity index is 375. The Labute approximate surface area is 94.1 Å². The number of furan rings is 1. The van der Waals surface area contributed by atoms with Crippen molar-refractivity contribution < 1.29 is 13.9 Å². The monoisotopic (exact) mass is 224 g/mol. The second-order valence-electron chi connectivity index (χ2n) is 3.87. The molecule has 1 aromatic heterocycles. The molecule has 5 heteroatoms. The van der Waals surface area contributed by atoms with E-state index in [1.54, 1.807) is 17.9 Å². The zero-order valence-electron chi connectivity index (χ0n) is 9.31. The largest absolute Gasteiger partial charge is 0.469 e. The van der Waals surface area contributed by atoms with Crippen molar-refractivity contribution in [1.29, 1.82) is 0 Å². The molecular formula is C11H16N2O3. The molecule has 0 saturated carbocycles. The fraction of sp³-hybridized carbons (Fsp3) is 0.545. The van der Waals surface area contributed by atoms with Gasteiger partial charge in [0.2, 0.25) is 0 Å². The highest BCUT2D eigenvalue weighted by Gasteiger charge is 2.25. The molecule has 1 aliphatic rings. The van der Waals surface area contributed by atoms with Crippen molar-refractivity contribution in [3.63, 3.8) is 0 Å². The standard InChI is InChI=1S/C11H16N2O3/c1-8-10(2-4-15-8)11(14)13-3-5-16-9(6-12)7-13/h2,4,9H,3,5-7,12H2,1H3. The maximum absolute atomic E-state index is 12.1. The lowest BCUT2D eigenvalue weighted by Crippen LogP contribution is -2.48. The number of nitrogens with zero attached hydrogens (tertiary/aromatic N) is 1. The molecule has 1 fully saturated rings. The van der Waals surface area contributed by atoms with Crippen molar-refractivity contribution in [2.75, 3.05) is 26.2 Å². The van der Waals surface area contributed by atoms with Crippen molar-refractivity contribution in [3.8, 4) is 0 Å². The van der Waals surface area contributed by atoms with Crippen LogP contribution in [-0.4, -0.2) is 43.2 Å². The van der Waals surface area contributed by atoms with Gasteiger partial charge >= 0.3 is 0 Å².